The van der Waals surface area contributed by atoms with E-state index in [0.717, 1.165) is 38.7 Å². The summed E-state index contributed by atoms with van der Waals surface area (Å²) in [4.78, 5) is 8.89. The second-order valence-electron chi connectivity index (χ2n) is 11.2. The molecule has 0 saturated carbocycles. The van der Waals surface area contributed by atoms with Gasteiger partial charge in [0.05, 0.1) is 13.7 Å². The van der Waals surface area contributed by atoms with Crippen LogP contribution in [0.1, 0.15) is 9.68 Å². The summed E-state index contributed by atoms with van der Waals surface area (Å²) in [5.41, 5.74) is 7.12. The van der Waals surface area contributed by atoms with Crippen LogP contribution in [-0.4, -0.2) is 18.0 Å². The molecule has 0 unspecified atom stereocenters. The van der Waals surface area contributed by atoms with Crippen LogP contribution in [0.2, 0.25) is 19.6 Å². The van der Waals surface area contributed by atoms with E-state index in [1.54, 1.807) is 6.07 Å². The molecule has 0 fully saturated rings. The van der Waals surface area contributed by atoms with Gasteiger partial charge in [-0.1, -0.05) is 96.8 Å². The summed E-state index contributed by atoms with van der Waals surface area (Å²) in [6.45, 7) is 4.80. The number of hydrogen-bond acceptors (Lipinski definition) is 3. The quantitative estimate of drug-likeness (QED) is 0.133. The predicted molar refractivity (Wildman–Crippen MR) is 177 cm³/mol. The molecule has 3 aromatic heterocycles. The molecule has 43 heavy (non-hydrogen) atoms. The van der Waals surface area contributed by atoms with Crippen LogP contribution in [0.15, 0.2) is 126 Å². The number of fused-ring (bicyclic) bond motifs is 3. The van der Waals surface area contributed by atoms with Crippen LogP contribution in [0, 0.1) is 19.0 Å². The summed E-state index contributed by atoms with van der Waals surface area (Å²) < 4.78 is 29.2. The molecule has 0 aliphatic heterocycles. The number of aromatic nitrogens is 2. The monoisotopic (exact) mass is 756 g/mol. The number of hydrogen-bond donors (Lipinski definition) is 0. The SMILES string of the molecule is C[Si](C)(C)c1ccc(-c2[c-]cccc2)nc1.[2H]C([2H])([2H])c1ccnc(-c2[c-]ccc3c2oc2cc(-c4ccccc4)ccc23)c1.[Ir]. The van der Waals surface area contributed by atoms with Gasteiger partial charge in [-0.05, 0) is 46.7 Å². The molecule has 0 spiro atoms. The first-order valence-electron chi connectivity index (χ1n) is 15.4. The third-order valence-electron chi connectivity index (χ3n) is 7.17. The molecule has 0 saturated heterocycles. The molecule has 0 aliphatic rings. The van der Waals surface area contributed by atoms with E-state index in [2.05, 4.69) is 78.1 Å². The van der Waals surface area contributed by atoms with Gasteiger partial charge in [0.15, 0.2) is 0 Å². The van der Waals surface area contributed by atoms with Crippen LogP contribution >= 0.6 is 0 Å². The van der Waals surface area contributed by atoms with E-state index in [1.807, 2.05) is 66.9 Å². The fourth-order valence-corrected chi connectivity index (χ4v) is 5.89. The molecular formula is C38H32IrN2OSi-2. The molecule has 0 atom stereocenters. The summed E-state index contributed by atoms with van der Waals surface area (Å²) in [6.07, 6.45) is 3.53. The number of rotatable bonds is 4. The van der Waals surface area contributed by atoms with E-state index in [0.29, 0.717) is 16.8 Å². The van der Waals surface area contributed by atoms with Gasteiger partial charge in [-0.25, -0.2) is 0 Å². The molecule has 0 aliphatic carbocycles. The van der Waals surface area contributed by atoms with Gasteiger partial charge < -0.3 is 14.4 Å². The predicted octanol–water partition coefficient (Wildman–Crippen LogP) is 9.52. The van der Waals surface area contributed by atoms with Crippen molar-refractivity contribution in [2.75, 3.05) is 0 Å². The second kappa shape index (κ2) is 13.0. The third kappa shape index (κ3) is 6.76. The van der Waals surface area contributed by atoms with Crippen molar-refractivity contribution in [3.05, 3.63) is 139 Å². The topological polar surface area (TPSA) is 38.9 Å². The molecule has 0 N–H and O–H groups in total. The number of pyridine rings is 2. The molecule has 3 heterocycles. The Bertz CT molecular complexity index is 2070. The van der Waals surface area contributed by atoms with Crippen LogP contribution in [0.5, 0.6) is 0 Å². The van der Waals surface area contributed by atoms with E-state index < -0.39 is 14.9 Å². The fraction of sp³-hybridized carbons (Fsp3) is 0.105. The molecule has 0 amide bonds. The number of aryl methyl sites for hydroxylation is 1. The van der Waals surface area contributed by atoms with Gasteiger partial charge in [-0.3, -0.25) is 0 Å². The molecule has 7 aromatic rings. The molecule has 1 radical (unpaired) electrons. The van der Waals surface area contributed by atoms with Gasteiger partial charge in [-0.15, -0.1) is 54.1 Å². The van der Waals surface area contributed by atoms with Gasteiger partial charge >= 0.3 is 0 Å². The van der Waals surface area contributed by atoms with Crippen molar-refractivity contribution in [1.29, 1.82) is 0 Å². The van der Waals surface area contributed by atoms with Crippen molar-refractivity contribution < 1.29 is 28.6 Å². The molecule has 5 heteroatoms. The Morgan fingerprint density at radius 1 is 0.721 bits per heavy atom. The summed E-state index contributed by atoms with van der Waals surface area (Å²) in [7, 11) is -1.23. The zero-order valence-electron chi connectivity index (χ0n) is 27.2. The average molecular weight is 756 g/mol. The second-order valence-corrected chi connectivity index (χ2v) is 16.2. The first-order valence-corrected chi connectivity index (χ1v) is 17.4. The van der Waals surface area contributed by atoms with Crippen molar-refractivity contribution in [3.63, 3.8) is 0 Å². The van der Waals surface area contributed by atoms with Gasteiger partial charge in [-0.2, -0.15) is 0 Å². The summed E-state index contributed by atoms with van der Waals surface area (Å²) >= 11 is 0. The van der Waals surface area contributed by atoms with Crippen LogP contribution in [0.4, 0.5) is 0 Å². The zero-order chi connectivity index (χ0) is 31.6. The number of furan rings is 1. The van der Waals surface area contributed by atoms with Crippen LogP contribution in [0.25, 0.3) is 55.6 Å². The average Bonchev–Trinajstić information content (AvgIpc) is 3.43. The van der Waals surface area contributed by atoms with Crippen molar-refractivity contribution in [3.8, 4) is 33.6 Å². The largest absolute Gasteiger partial charge is 0.501 e. The minimum Gasteiger partial charge on any atom is -0.501 e. The summed E-state index contributed by atoms with van der Waals surface area (Å²) in [6, 6.07) is 41.8. The van der Waals surface area contributed by atoms with Crippen molar-refractivity contribution >= 4 is 35.2 Å². The molecule has 215 valence electrons. The Hall–Kier alpha value is -4.15. The molecule has 7 rings (SSSR count). The maximum absolute atomic E-state index is 7.66. The molecular weight excluding hydrogens is 721 g/mol. The minimum atomic E-state index is -2.19. The normalized spacial score (nSPS) is 12.4. The van der Waals surface area contributed by atoms with E-state index >= 15 is 0 Å². The van der Waals surface area contributed by atoms with Crippen LogP contribution < -0.4 is 5.19 Å². The van der Waals surface area contributed by atoms with Crippen LogP contribution in [-0.2, 0) is 20.1 Å². The van der Waals surface area contributed by atoms with Gasteiger partial charge in [0.25, 0.3) is 0 Å². The van der Waals surface area contributed by atoms with Crippen molar-refractivity contribution in [1.82, 2.24) is 9.97 Å². The van der Waals surface area contributed by atoms with E-state index in [4.69, 9.17) is 8.53 Å². The smallest absolute Gasteiger partial charge is 0.121 e. The Morgan fingerprint density at radius 2 is 1.56 bits per heavy atom. The maximum Gasteiger partial charge on any atom is 0.121 e. The summed E-state index contributed by atoms with van der Waals surface area (Å²) in [5, 5.41) is 3.35. The van der Waals surface area contributed by atoms with Crippen molar-refractivity contribution in [2.45, 2.75) is 26.5 Å². The Morgan fingerprint density at radius 3 is 2.28 bits per heavy atom. The van der Waals surface area contributed by atoms with Gasteiger partial charge in [0, 0.05) is 42.0 Å². The molecule has 0 bridgehead atoms. The number of nitrogens with zero attached hydrogens (tertiary/aromatic N) is 2. The Kier molecular flexibility index (Phi) is 8.01. The molecule has 4 aromatic carbocycles. The minimum absolute atomic E-state index is 0. The first kappa shape index (κ1) is 26.5. The van der Waals surface area contributed by atoms with Crippen molar-refractivity contribution in [2.24, 2.45) is 0 Å². The van der Waals surface area contributed by atoms with Gasteiger partial charge in [0.2, 0.25) is 0 Å². The Labute approximate surface area is 272 Å². The first-order chi connectivity index (χ1) is 21.6. The third-order valence-corrected chi connectivity index (χ3v) is 9.20. The maximum atomic E-state index is 7.66. The summed E-state index contributed by atoms with van der Waals surface area (Å²) in [5.74, 6) is 0. The van der Waals surface area contributed by atoms with Crippen LogP contribution in [0.3, 0.4) is 0 Å². The van der Waals surface area contributed by atoms with E-state index in [1.165, 1.54) is 17.4 Å². The zero-order valence-corrected chi connectivity index (χ0v) is 27.6. The van der Waals surface area contributed by atoms with Gasteiger partial charge in [0.1, 0.15) is 5.58 Å². The fourth-order valence-electron chi connectivity index (χ4n) is 4.86. The van der Waals surface area contributed by atoms with E-state index in [9.17, 15) is 0 Å². The standard InChI is InChI=1S/C24H16NO.C14H16NSi.Ir/c1-16-12-13-25-22(14-16)21-9-5-8-20-19-11-10-18(15-23(19)26-24(20)21)17-6-3-2-4-7-17;1-16(2,3)13-9-10-14(15-11-13)12-7-5-4-6-8-12;/h2-8,10-15H,1H3;4-7,9-11H,1-3H3;/q2*-1;/i1D3;;. The Balaban J connectivity index is 0.000000209. The number of benzene rings is 4. The molecule has 3 nitrogen and oxygen atoms in total. The van der Waals surface area contributed by atoms with E-state index in [-0.39, 0.29) is 25.7 Å².